The standard InChI is InChI=1S/C46H35N3O/c1-46(2)38-27-16-15-26-37(38)43-39(46)28-17-29-41(43)49(35-24-13-6-14-25-35)42-31-36(30-40-44(42)50-45(47-40)32-18-7-3-8-19-32)48(33-20-9-4-10-21-33)34-22-11-5-12-23-34/h3-31H,1-2H3. The zero-order valence-corrected chi connectivity index (χ0v) is 28.0. The van der Waals surface area contributed by atoms with Crippen molar-refractivity contribution in [3.63, 3.8) is 0 Å². The van der Waals surface area contributed by atoms with Crippen molar-refractivity contribution in [3.05, 3.63) is 187 Å². The van der Waals surface area contributed by atoms with Gasteiger partial charge in [0.05, 0.1) is 17.1 Å². The second kappa shape index (κ2) is 11.9. The molecule has 0 unspecified atom stereocenters. The summed E-state index contributed by atoms with van der Waals surface area (Å²) in [6.07, 6.45) is 0. The van der Waals surface area contributed by atoms with Crippen LogP contribution in [0.1, 0.15) is 25.0 Å². The van der Waals surface area contributed by atoms with Gasteiger partial charge in [-0.25, -0.2) is 4.98 Å². The molecule has 240 valence electrons. The van der Waals surface area contributed by atoms with Crippen molar-refractivity contribution < 1.29 is 4.42 Å². The van der Waals surface area contributed by atoms with Gasteiger partial charge in [0.1, 0.15) is 5.52 Å². The number of fused-ring (bicyclic) bond motifs is 4. The molecule has 4 heteroatoms. The molecular weight excluding hydrogens is 611 g/mol. The smallest absolute Gasteiger partial charge is 0.227 e. The zero-order valence-electron chi connectivity index (χ0n) is 28.0. The molecule has 0 radical (unpaired) electrons. The number of nitrogens with zero attached hydrogens (tertiary/aromatic N) is 3. The van der Waals surface area contributed by atoms with Crippen molar-refractivity contribution in [1.82, 2.24) is 4.98 Å². The van der Waals surface area contributed by atoms with E-state index in [1.165, 1.54) is 22.3 Å². The quantitative estimate of drug-likeness (QED) is 0.173. The summed E-state index contributed by atoms with van der Waals surface area (Å²) in [4.78, 5) is 9.80. The number of hydrogen-bond acceptors (Lipinski definition) is 4. The Labute approximate surface area is 292 Å². The molecule has 0 atom stereocenters. The van der Waals surface area contributed by atoms with Crippen LogP contribution >= 0.6 is 0 Å². The number of benzene rings is 7. The van der Waals surface area contributed by atoms with Crippen LogP contribution in [0.5, 0.6) is 0 Å². The van der Waals surface area contributed by atoms with Crippen LogP contribution in [0.15, 0.2) is 180 Å². The summed E-state index contributed by atoms with van der Waals surface area (Å²) >= 11 is 0. The van der Waals surface area contributed by atoms with Gasteiger partial charge >= 0.3 is 0 Å². The Morgan fingerprint density at radius 1 is 0.480 bits per heavy atom. The summed E-state index contributed by atoms with van der Waals surface area (Å²) < 4.78 is 6.81. The van der Waals surface area contributed by atoms with Gasteiger partial charge in [-0.2, -0.15) is 0 Å². The van der Waals surface area contributed by atoms with Gasteiger partial charge in [0.2, 0.25) is 5.89 Å². The molecule has 0 aliphatic heterocycles. The van der Waals surface area contributed by atoms with Gasteiger partial charge in [-0.15, -0.1) is 0 Å². The Morgan fingerprint density at radius 2 is 1.02 bits per heavy atom. The van der Waals surface area contributed by atoms with Gasteiger partial charge in [-0.1, -0.05) is 123 Å². The minimum absolute atomic E-state index is 0.147. The second-order valence-corrected chi connectivity index (χ2v) is 13.2. The van der Waals surface area contributed by atoms with Crippen molar-refractivity contribution in [3.8, 4) is 22.6 Å². The van der Waals surface area contributed by atoms with Gasteiger partial charge in [0.15, 0.2) is 5.58 Å². The Balaban J connectivity index is 1.37. The van der Waals surface area contributed by atoms with Gasteiger partial charge < -0.3 is 14.2 Å². The Morgan fingerprint density at radius 3 is 1.66 bits per heavy atom. The van der Waals surface area contributed by atoms with Crippen molar-refractivity contribution in [2.24, 2.45) is 0 Å². The van der Waals surface area contributed by atoms with E-state index in [-0.39, 0.29) is 5.41 Å². The fraction of sp³-hybridized carbons (Fsp3) is 0.0652. The first-order valence-electron chi connectivity index (χ1n) is 17.1. The fourth-order valence-electron chi connectivity index (χ4n) is 7.51. The monoisotopic (exact) mass is 645 g/mol. The lowest BCUT2D eigenvalue weighted by Gasteiger charge is -2.31. The maximum atomic E-state index is 6.81. The van der Waals surface area contributed by atoms with E-state index in [2.05, 4.69) is 169 Å². The fourth-order valence-corrected chi connectivity index (χ4v) is 7.51. The minimum Gasteiger partial charge on any atom is -0.434 e. The van der Waals surface area contributed by atoms with Gasteiger partial charge in [-0.05, 0) is 83.4 Å². The molecule has 0 saturated heterocycles. The molecule has 7 aromatic carbocycles. The molecule has 9 rings (SSSR count). The van der Waals surface area contributed by atoms with E-state index in [9.17, 15) is 0 Å². The first-order chi connectivity index (χ1) is 24.6. The van der Waals surface area contributed by atoms with E-state index in [1.54, 1.807) is 0 Å². The second-order valence-electron chi connectivity index (χ2n) is 13.2. The molecule has 50 heavy (non-hydrogen) atoms. The van der Waals surface area contributed by atoms with Crippen LogP contribution in [0.2, 0.25) is 0 Å². The van der Waals surface area contributed by atoms with Gasteiger partial charge in [0.25, 0.3) is 0 Å². The average Bonchev–Trinajstić information content (AvgIpc) is 3.71. The molecule has 1 aliphatic carbocycles. The third kappa shape index (κ3) is 4.88. The Bertz CT molecular complexity index is 2410. The summed E-state index contributed by atoms with van der Waals surface area (Å²) in [7, 11) is 0. The van der Waals surface area contributed by atoms with E-state index in [1.807, 2.05) is 30.3 Å². The molecule has 0 spiro atoms. The summed E-state index contributed by atoms with van der Waals surface area (Å²) in [5.41, 5.74) is 13.5. The lowest BCUT2D eigenvalue weighted by Crippen LogP contribution is -2.16. The molecule has 0 N–H and O–H groups in total. The normalized spacial score (nSPS) is 12.8. The molecule has 1 aromatic heterocycles. The minimum atomic E-state index is -0.147. The number of para-hydroxylation sites is 3. The average molecular weight is 646 g/mol. The molecule has 0 saturated carbocycles. The third-order valence-corrected chi connectivity index (χ3v) is 9.84. The van der Waals surface area contributed by atoms with Crippen LogP contribution in [-0.2, 0) is 5.41 Å². The van der Waals surface area contributed by atoms with Crippen molar-refractivity contribution in [2.45, 2.75) is 19.3 Å². The van der Waals surface area contributed by atoms with E-state index in [0.29, 0.717) is 5.89 Å². The number of hydrogen-bond donors (Lipinski definition) is 0. The Kier molecular flexibility index (Phi) is 7.10. The van der Waals surface area contributed by atoms with Crippen LogP contribution in [0.4, 0.5) is 34.1 Å². The van der Waals surface area contributed by atoms with E-state index in [4.69, 9.17) is 9.40 Å². The molecule has 1 aliphatic rings. The molecule has 1 heterocycles. The number of aromatic nitrogens is 1. The van der Waals surface area contributed by atoms with E-state index >= 15 is 0 Å². The largest absolute Gasteiger partial charge is 0.434 e. The van der Waals surface area contributed by atoms with Crippen LogP contribution in [0, 0.1) is 0 Å². The first kappa shape index (κ1) is 29.7. The molecule has 0 amide bonds. The van der Waals surface area contributed by atoms with Crippen molar-refractivity contribution in [2.75, 3.05) is 9.80 Å². The number of anilines is 6. The molecule has 4 nitrogen and oxygen atoms in total. The lowest BCUT2D eigenvalue weighted by molar-refractivity contribution is 0.620. The van der Waals surface area contributed by atoms with Gasteiger partial charge in [-0.3, -0.25) is 0 Å². The highest BCUT2D eigenvalue weighted by atomic mass is 16.3. The highest BCUT2D eigenvalue weighted by Crippen LogP contribution is 2.55. The lowest BCUT2D eigenvalue weighted by atomic mass is 9.82. The Hall–Kier alpha value is -6.39. The molecule has 8 aromatic rings. The predicted octanol–water partition coefficient (Wildman–Crippen LogP) is 12.7. The van der Waals surface area contributed by atoms with Crippen molar-refractivity contribution in [1.29, 1.82) is 0 Å². The molecule has 0 bridgehead atoms. The van der Waals surface area contributed by atoms with Crippen LogP contribution < -0.4 is 9.80 Å². The first-order valence-corrected chi connectivity index (χ1v) is 17.1. The third-order valence-electron chi connectivity index (χ3n) is 9.84. The maximum Gasteiger partial charge on any atom is 0.227 e. The highest BCUT2D eigenvalue weighted by molar-refractivity contribution is 6.02. The SMILES string of the molecule is CC1(C)c2ccccc2-c2c(N(c3ccccc3)c3cc(N(c4ccccc4)c4ccccc4)cc4nc(-c5ccccc5)oc34)cccc21. The summed E-state index contributed by atoms with van der Waals surface area (Å²) in [6.45, 7) is 4.65. The van der Waals surface area contributed by atoms with Crippen LogP contribution in [0.3, 0.4) is 0 Å². The topological polar surface area (TPSA) is 32.5 Å². The van der Waals surface area contributed by atoms with Crippen LogP contribution in [-0.4, -0.2) is 4.98 Å². The summed E-state index contributed by atoms with van der Waals surface area (Å²) in [6, 6.07) is 61.7. The van der Waals surface area contributed by atoms with E-state index in [0.717, 1.165) is 50.8 Å². The van der Waals surface area contributed by atoms with Crippen LogP contribution in [0.25, 0.3) is 33.7 Å². The molecular formula is C46H35N3O. The van der Waals surface area contributed by atoms with Crippen molar-refractivity contribution >= 4 is 45.2 Å². The maximum absolute atomic E-state index is 6.81. The van der Waals surface area contributed by atoms with Gasteiger partial charge in [0, 0.05) is 33.6 Å². The van der Waals surface area contributed by atoms with E-state index < -0.39 is 0 Å². The number of rotatable bonds is 7. The predicted molar refractivity (Wildman–Crippen MR) is 206 cm³/mol. The molecule has 0 fully saturated rings. The zero-order chi connectivity index (χ0) is 33.7. The summed E-state index contributed by atoms with van der Waals surface area (Å²) in [5.74, 6) is 0.586. The summed E-state index contributed by atoms with van der Waals surface area (Å²) in [5, 5.41) is 0. The number of oxazole rings is 1. The highest BCUT2D eigenvalue weighted by Gasteiger charge is 2.38.